The van der Waals surface area contributed by atoms with E-state index in [1.54, 1.807) is 7.05 Å². The van der Waals surface area contributed by atoms with Gasteiger partial charge in [0.2, 0.25) is 5.91 Å². The highest BCUT2D eigenvalue weighted by molar-refractivity contribution is 14.0. The van der Waals surface area contributed by atoms with Crippen molar-refractivity contribution in [1.29, 1.82) is 0 Å². The second kappa shape index (κ2) is 10.5. The first-order valence-corrected chi connectivity index (χ1v) is 11.0. The second-order valence-corrected chi connectivity index (χ2v) is 9.25. The van der Waals surface area contributed by atoms with Gasteiger partial charge in [-0.25, -0.2) is 0 Å². The first kappa shape index (κ1) is 22.9. The van der Waals surface area contributed by atoms with Gasteiger partial charge in [-0.05, 0) is 42.5 Å². The molecule has 5 nitrogen and oxygen atoms in total. The Morgan fingerprint density at radius 2 is 1.77 bits per heavy atom. The number of amides is 1. The van der Waals surface area contributed by atoms with Crippen molar-refractivity contribution in [3.63, 3.8) is 0 Å². The number of aliphatic imine (C=N–C) groups is 1. The molecule has 2 aromatic carbocycles. The predicted molar refractivity (Wildman–Crippen MR) is 135 cm³/mol. The van der Waals surface area contributed by atoms with Crippen LogP contribution in [0, 0.1) is 0 Å². The maximum Gasteiger partial charge on any atom is 0.242 e. The van der Waals surface area contributed by atoms with Gasteiger partial charge in [0, 0.05) is 36.3 Å². The molecule has 30 heavy (non-hydrogen) atoms. The summed E-state index contributed by atoms with van der Waals surface area (Å²) < 4.78 is 0.236. The van der Waals surface area contributed by atoms with Crippen molar-refractivity contribution >= 4 is 47.6 Å². The van der Waals surface area contributed by atoms with Gasteiger partial charge in [0.1, 0.15) is 0 Å². The Kier molecular flexibility index (Phi) is 8.05. The monoisotopic (exact) mass is 536 g/mol. The quantitative estimate of drug-likeness (QED) is 0.336. The molecule has 1 heterocycles. The maximum atomic E-state index is 12.7. The second-order valence-electron chi connectivity index (χ2n) is 7.71. The smallest absolute Gasteiger partial charge is 0.242 e. The molecule has 0 unspecified atom stereocenters. The van der Waals surface area contributed by atoms with Gasteiger partial charge in [0.25, 0.3) is 0 Å². The molecule has 1 saturated carbocycles. The molecular weight excluding hydrogens is 507 g/mol. The van der Waals surface area contributed by atoms with Gasteiger partial charge in [-0.2, -0.15) is 0 Å². The zero-order chi connectivity index (χ0) is 20.1. The highest BCUT2D eigenvalue weighted by atomic mass is 127. The van der Waals surface area contributed by atoms with E-state index in [1.807, 2.05) is 28.8 Å². The summed E-state index contributed by atoms with van der Waals surface area (Å²) in [4.78, 5) is 20.2. The van der Waals surface area contributed by atoms with Crippen molar-refractivity contribution in [2.24, 2.45) is 4.99 Å². The van der Waals surface area contributed by atoms with E-state index in [0.29, 0.717) is 12.5 Å². The highest BCUT2D eigenvalue weighted by Crippen LogP contribution is 2.51. The molecule has 1 aliphatic heterocycles. The molecule has 0 saturated heterocycles. The largest absolute Gasteiger partial charge is 0.355 e. The number of nitrogens with one attached hydrogen (secondary N) is 2. The molecule has 160 valence electrons. The van der Waals surface area contributed by atoms with Crippen LogP contribution in [0.2, 0.25) is 0 Å². The third-order valence-electron chi connectivity index (χ3n) is 5.58. The Balaban J connectivity index is 0.00000256. The molecule has 0 aromatic heterocycles. The molecule has 4 rings (SSSR count). The number of carbonyl (C=O) groups is 1. The fourth-order valence-corrected chi connectivity index (χ4v) is 4.88. The van der Waals surface area contributed by atoms with Crippen molar-refractivity contribution in [2.75, 3.05) is 26.7 Å². The van der Waals surface area contributed by atoms with Crippen LogP contribution in [0.3, 0.4) is 0 Å². The van der Waals surface area contributed by atoms with Crippen LogP contribution in [0.15, 0.2) is 64.5 Å². The van der Waals surface area contributed by atoms with Crippen LogP contribution >= 0.6 is 35.7 Å². The lowest BCUT2D eigenvalue weighted by atomic mass is 10.00. The summed E-state index contributed by atoms with van der Waals surface area (Å²) in [6.45, 7) is 2.58. The lowest BCUT2D eigenvalue weighted by Crippen LogP contribution is -2.47. The Morgan fingerprint density at radius 1 is 1.07 bits per heavy atom. The van der Waals surface area contributed by atoms with Gasteiger partial charge >= 0.3 is 0 Å². The molecule has 2 aromatic rings. The van der Waals surface area contributed by atoms with Crippen molar-refractivity contribution in [1.82, 2.24) is 15.5 Å². The van der Waals surface area contributed by atoms with Crippen LogP contribution in [0.4, 0.5) is 0 Å². The van der Waals surface area contributed by atoms with Crippen LogP contribution in [0.5, 0.6) is 0 Å². The van der Waals surface area contributed by atoms with E-state index in [1.165, 1.54) is 28.9 Å². The number of guanidine groups is 1. The summed E-state index contributed by atoms with van der Waals surface area (Å²) in [7, 11) is 1.75. The van der Waals surface area contributed by atoms with Gasteiger partial charge in [-0.3, -0.25) is 9.79 Å². The molecule has 0 spiro atoms. The van der Waals surface area contributed by atoms with Crippen LogP contribution < -0.4 is 10.6 Å². The van der Waals surface area contributed by atoms with Crippen molar-refractivity contribution < 1.29 is 4.79 Å². The first-order chi connectivity index (χ1) is 14.2. The van der Waals surface area contributed by atoms with Crippen molar-refractivity contribution in [3.05, 3.63) is 65.7 Å². The third kappa shape index (κ3) is 5.91. The topological polar surface area (TPSA) is 56.7 Å². The SMILES string of the molecule is CN=C(NCC(=O)N1CCc2ccccc2C1)NCC1(Sc2ccccc2)CC1.I. The average Bonchev–Trinajstić information content (AvgIpc) is 3.53. The molecular formula is C23H29IN4OS. The molecule has 0 bridgehead atoms. The number of carbonyl (C=O) groups excluding carboxylic acids is 1. The van der Waals surface area contributed by atoms with E-state index in [2.05, 4.69) is 58.1 Å². The number of hydrogen-bond donors (Lipinski definition) is 2. The summed E-state index contributed by atoms with van der Waals surface area (Å²) in [6.07, 6.45) is 3.32. The number of halogens is 1. The summed E-state index contributed by atoms with van der Waals surface area (Å²) in [5.74, 6) is 0.804. The van der Waals surface area contributed by atoms with Gasteiger partial charge in [-0.15, -0.1) is 35.7 Å². The minimum atomic E-state index is 0. The molecule has 7 heteroatoms. The van der Waals surface area contributed by atoms with E-state index in [4.69, 9.17) is 0 Å². The molecule has 2 aliphatic rings. The van der Waals surface area contributed by atoms with Crippen LogP contribution in [-0.4, -0.2) is 48.2 Å². The number of benzene rings is 2. The van der Waals surface area contributed by atoms with E-state index < -0.39 is 0 Å². The first-order valence-electron chi connectivity index (χ1n) is 10.2. The summed E-state index contributed by atoms with van der Waals surface area (Å²) in [5, 5.41) is 6.61. The fourth-order valence-electron chi connectivity index (χ4n) is 3.64. The number of rotatable bonds is 6. The van der Waals surface area contributed by atoms with Crippen LogP contribution in [0.1, 0.15) is 24.0 Å². The van der Waals surface area contributed by atoms with E-state index in [-0.39, 0.29) is 41.2 Å². The van der Waals surface area contributed by atoms with E-state index >= 15 is 0 Å². The molecule has 1 amide bonds. The molecule has 2 N–H and O–H groups in total. The minimum Gasteiger partial charge on any atom is -0.355 e. The lowest BCUT2D eigenvalue weighted by molar-refractivity contribution is -0.130. The van der Waals surface area contributed by atoms with Gasteiger partial charge in [0.15, 0.2) is 5.96 Å². The number of nitrogens with zero attached hydrogens (tertiary/aromatic N) is 2. The van der Waals surface area contributed by atoms with Gasteiger partial charge in [-0.1, -0.05) is 42.5 Å². The van der Waals surface area contributed by atoms with Crippen LogP contribution in [-0.2, 0) is 17.8 Å². The van der Waals surface area contributed by atoms with E-state index in [9.17, 15) is 4.79 Å². The Hall–Kier alpha value is -1.74. The molecule has 0 radical (unpaired) electrons. The Morgan fingerprint density at radius 3 is 2.47 bits per heavy atom. The van der Waals surface area contributed by atoms with Gasteiger partial charge in [0.05, 0.1) is 6.54 Å². The Bertz CT molecular complexity index is 886. The fraction of sp³-hybridized carbons (Fsp3) is 0.391. The minimum absolute atomic E-state index is 0. The maximum absolute atomic E-state index is 12.7. The zero-order valence-electron chi connectivity index (χ0n) is 17.3. The third-order valence-corrected chi connectivity index (χ3v) is 7.07. The van der Waals surface area contributed by atoms with Crippen LogP contribution in [0.25, 0.3) is 0 Å². The average molecular weight is 536 g/mol. The summed E-state index contributed by atoms with van der Waals surface area (Å²) in [5.41, 5.74) is 2.61. The number of thioether (sulfide) groups is 1. The standard InChI is InChI=1S/C23H28N4OS.HI/c1-24-22(26-17-23(12-13-23)29-20-9-3-2-4-10-20)25-15-21(28)27-14-11-18-7-5-6-8-19(18)16-27;/h2-10H,11-17H2,1H3,(H2,24,25,26);1H. The van der Waals surface area contributed by atoms with Crippen molar-refractivity contribution in [2.45, 2.75) is 35.4 Å². The normalized spacial score (nSPS) is 16.8. The molecule has 0 atom stereocenters. The lowest BCUT2D eigenvalue weighted by Gasteiger charge is -2.29. The summed E-state index contributed by atoms with van der Waals surface area (Å²) >= 11 is 1.93. The number of fused-ring (bicyclic) bond motifs is 1. The summed E-state index contributed by atoms with van der Waals surface area (Å²) in [6, 6.07) is 18.9. The van der Waals surface area contributed by atoms with Gasteiger partial charge < -0.3 is 15.5 Å². The molecule has 1 aliphatic carbocycles. The number of hydrogen-bond acceptors (Lipinski definition) is 3. The zero-order valence-corrected chi connectivity index (χ0v) is 20.4. The Labute approximate surface area is 200 Å². The predicted octanol–water partition coefficient (Wildman–Crippen LogP) is 3.68. The van der Waals surface area contributed by atoms with E-state index in [0.717, 1.165) is 19.5 Å². The van der Waals surface area contributed by atoms with Crippen molar-refractivity contribution in [3.8, 4) is 0 Å². The molecule has 1 fully saturated rings. The highest BCUT2D eigenvalue weighted by Gasteiger charge is 2.43.